The van der Waals surface area contributed by atoms with Gasteiger partial charge in [0, 0.05) is 17.5 Å². The summed E-state index contributed by atoms with van der Waals surface area (Å²) in [6.07, 6.45) is 0. The van der Waals surface area contributed by atoms with Gasteiger partial charge in [0.2, 0.25) is 11.0 Å². The summed E-state index contributed by atoms with van der Waals surface area (Å²) in [6.45, 7) is 0.448. The van der Waals surface area contributed by atoms with Crippen LogP contribution in [-0.4, -0.2) is 6.47 Å². The fraction of sp³-hybridized carbons (Fsp3) is 0. The van der Waals surface area contributed by atoms with Crippen molar-refractivity contribution in [2.75, 3.05) is 0 Å². The van der Waals surface area contributed by atoms with Crippen molar-refractivity contribution in [3.8, 4) is 5.75 Å². The van der Waals surface area contributed by atoms with Gasteiger partial charge in [-0.2, -0.15) is 0 Å². The molecule has 0 saturated heterocycles. The molecule has 3 nitrogen and oxygen atoms in total. The number of carbonyl (C=O) groups is 1. The third kappa shape index (κ3) is 1.61. The minimum atomic E-state index is 0.448. The molecule has 0 spiro atoms. The van der Waals surface area contributed by atoms with Gasteiger partial charge in [-0.25, -0.2) is 4.98 Å². The van der Waals surface area contributed by atoms with Crippen molar-refractivity contribution in [1.29, 1.82) is 0 Å². The molecule has 0 aliphatic carbocycles. The lowest BCUT2D eigenvalue weighted by molar-refractivity contribution is -0.310. The van der Waals surface area contributed by atoms with Crippen LogP contribution < -0.4 is 9.72 Å². The Labute approximate surface area is 97.7 Å². The number of fused-ring (bicyclic) bond motifs is 2. The predicted octanol–water partition coefficient (Wildman–Crippen LogP) is 2.34. The van der Waals surface area contributed by atoms with Crippen LogP contribution in [0.2, 0.25) is 0 Å². The van der Waals surface area contributed by atoms with Crippen molar-refractivity contribution < 1.29 is 14.5 Å². The molecule has 1 N–H and O–H groups in total. The van der Waals surface area contributed by atoms with E-state index in [0.717, 1.165) is 21.8 Å². The molecule has 17 heavy (non-hydrogen) atoms. The van der Waals surface area contributed by atoms with Crippen LogP contribution >= 0.6 is 0 Å². The highest BCUT2D eigenvalue weighted by Gasteiger charge is 2.09. The SMILES string of the molecule is O=COc1cccc2[nH+]c3ccccc3cc12. The van der Waals surface area contributed by atoms with Crippen LogP contribution in [-0.2, 0) is 4.79 Å². The number of hydrogen-bond donors (Lipinski definition) is 0. The largest absolute Gasteiger partial charge is 0.428 e. The first-order valence-electron chi connectivity index (χ1n) is 5.32. The second-order valence-electron chi connectivity index (χ2n) is 3.79. The lowest BCUT2D eigenvalue weighted by atomic mass is 10.1. The van der Waals surface area contributed by atoms with Gasteiger partial charge in [-0.3, -0.25) is 4.79 Å². The zero-order chi connectivity index (χ0) is 11.7. The number of rotatable bonds is 2. The Morgan fingerprint density at radius 2 is 1.82 bits per heavy atom. The Hall–Kier alpha value is -2.42. The fourth-order valence-corrected chi connectivity index (χ4v) is 1.99. The van der Waals surface area contributed by atoms with Gasteiger partial charge in [0.15, 0.2) is 0 Å². The zero-order valence-electron chi connectivity index (χ0n) is 9.01. The van der Waals surface area contributed by atoms with Gasteiger partial charge in [0.25, 0.3) is 6.47 Å². The summed E-state index contributed by atoms with van der Waals surface area (Å²) in [4.78, 5) is 13.8. The van der Waals surface area contributed by atoms with Gasteiger partial charge >= 0.3 is 0 Å². The van der Waals surface area contributed by atoms with Gasteiger partial charge in [-0.05, 0) is 18.2 Å². The molecule has 0 atom stereocenters. The number of carbonyl (C=O) groups excluding carboxylic acids is 1. The molecule has 0 radical (unpaired) electrons. The number of H-pyrrole nitrogens is 1. The monoisotopic (exact) mass is 224 g/mol. The molecule has 0 amide bonds. The Balaban J connectivity index is 2.39. The topological polar surface area (TPSA) is 40.4 Å². The Kier molecular flexibility index (Phi) is 2.22. The molecule has 1 aromatic heterocycles. The van der Waals surface area contributed by atoms with E-state index < -0.39 is 0 Å². The first-order valence-corrected chi connectivity index (χ1v) is 5.32. The average molecular weight is 224 g/mol. The quantitative estimate of drug-likeness (QED) is 0.495. The number of benzene rings is 2. The number of para-hydroxylation sites is 1. The van der Waals surface area contributed by atoms with E-state index in [-0.39, 0.29) is 0 Å². The summed E-state index contributed by atoms with van der Waals surface area (Å²) in [5.41, 5.74) is 2.01. The molecular weight excluding hydrogens is 214 g/mol. The van der Waals surface area contributed by atoms with Gasteiger partial charge in [-0.15, -0.1) is 0 Å². The average Bonchev–Trinajstić information content (AvgIpc) is 2.37. The van der Waals surface area contributed by atoms with Gasteiger partial charge in [0.05, 0.1) is 5.39 Å². The maximum Gasteiger partial charge on any atom is 0.298 e. The van der Waals surface area contributed by atoms with Gasteiger partial charge < -0.3 is 4.74 Å². The van der Waals surface area contributed by atoms with Gasteiger partial charge in [-0.1, -0.05) is 18.2 Å². The van der Waals surface area contributed by atoms with Crippen LogP contribution in [0.15, 0.2) is 48.5 Å². The van der Waals surface area contributed by atoms with Crippen molar-refractivity contribution >= 4 is 28.3 Å². The molecule has 0 bridgehead atoms. The van der Waals surface area contributed by atoms with E-state index >= 15 is 0 Å². The number of ether oxygens (including phenoxy) is 1. The molecular formula is C14H10NO2+. The first kappa shape index (κ1) is 9.78. The summed E-state index contributed by atoms with van der Waals surface area (Å²) >= 11 is 0. The number of pyridine rings is 1. The lowest BCUT2D eigenvalue weighted by Gasteiger charge is -2.01. The van der Waals surface area contributed by atoms with E-state index in [1.165, 1.54) is 0 Å². The number of aromatic nitrogens is 1. The van der Waals surface area contributed by atoms with E-state index in [9.17, 15) is 4.79 Å². The highest BCUT2D eigenvalue weighted by atomic mass is 16.5. The second-order valence-corrected chi connectivity index (χ2v) is 3.79. The standard InChI is InChI=1S/C14H9NO2/c16-9-17-14-7-3-6-13-11(14)8-10-4-1-2-5-12(10)15-13/h1-9H/p+1. The normalized spacial score (nSPS) is 10.6. The van der Waals surface area contributed by atoms with E-state index in [2.05, 4.69) is 4.98 Å². The first-order chi connectivity index (χ1) is 8.38. The summed E-state index contributed by atoms with van der Waals surface area (Å²) in [5, 5.41) is 1.99. The summed E-state index contributed by atoms with van der Waals surface area (Å²) < 4.78 is 4.97. The van der Waals surface area contributed by atoms with E-state index in [1.54, 1.807) is 6.07 Å². The molecule has 0 unspecified atom stereocenters. The van der Waals surface area contributed by atoms with Crippen molar-refractivity contribution in [1.82, 2.24) is 0 Å². The number of aromatic amines is 1. The van der Waals surface area contributed by atoms with E-state index in [1.807, 2.05) is 42.5 Å². The summed E-state index contributed by atoms with van der Waals surface area (Å²) in [5.74, 6) is 0.569. The van der Waals surface area contributed by atoms with Crippen molar-refractivity contribution in [2.45, 2.75) is 0 Å². The molecule has 0 saturated carbocycles. The van der Waals surface area contributed by atoms with Crippen LogP contribution in [0.25, 0.3) is 21.8 Å². The maximum atomic E-state index is 10.4. The van der Waals surface area contributed by atoms with Crippen molar-refractivity contribution in [3.05, 3.63) is 48.5 Å². The van der Waals surface area contributed by atoms with Crippen LogP contribution in [0, 0.1) is 0 Å². The van der Waals surface area contributed by atoms with Gasteiger partial charge in [0.1, 0.15) is 5.75 Å². The van der Waals surface area contributed by atoms with Crippen molar-refractivity contribution in [3.63, 3.8) is 0 Å². The molecule has 3 rings (SSSR count). The number of nitrogens with one attached hydrogen (secondary N) is 1. The van der Waals surface area contributed by atoms with Crippen LogP contribution in [0.4, 0.5) is 0 Å². The summed E-state index contributed by atoms with van der Waals surface area (Å²) in [6, 6.07) is 15.6. The van der Waals surface area contributed by atoms with Crippen LogP contribution in [0.3, 0.4) is 0 Å². The highest BCUT2D eigenvalue weighted by Crippen LogP contribution is 2.25. The third-order valence-corrected chi connectivity index (χ3v) is 2.77. The molecule has 1 heterocycles. The fourth-order valence-electron chi connectivity index (χ4n) is 1.99. The minimum Gasteiger partial charge on any atom is -0.428 e. The molecule has 3 heteroatoms. The van der Waals surface area contributed by atoms with Crippen LogP contribution in [0.5, 0.6) is 5.75 Å². The van der Waals surface area contributed by atoms with Crippen LogP contribution in [0.1, 0.15) is 0 Å². The van der Waals surface area contributed by atoms with E-state index in [0.29, 0.717) is 12.2 Å². The molecule has 2 aromatic carbocycles. The smallest absolute Gasteiger partial charge is 0.298 e. The minimum absolute atomic E-state index is 0.448. The summed E-state index contributed by atoms with van der Waals surface area (Å²) in [7, 11) is 0. The molecule has 0 fully saturated rings. The lowest BCUT2D eigenvalue weighted by Crippen LogP contribution is -2.05. The molecule has 3 aromatic rings. The Morgan fingerprint density at radius 1 is 1.00 bits per heavy atom. The Morgan fingerprint density at radius 3 is 2.71 bits per heavy atom. The third-order valence-electron chi connectivity index (χ3n) is 2.77. The van der Waals surface area contributed by atoms with E-state index in [4.69, 9.17) is 4.74 Å². The zero-order valence-corrected chi connectivity index (χ0v) is 9.01. The number of hydrogen-bond acceptors (Lipinski definition) is 2. The highest BCUT2D eigenvalue weighted by molar-refractivity contribution is 5.92. The van der Waals surface area contributed by atoms with Crippen molar-refractivity contribution in [2.24, 2.45) is 0 Å². The molecule has 82 valence electrons. The second kappa shape index (κ2) is 3.87. The predicted molar refractivity (Wildman–Crippen MR) is 64.7 cm³/mol. The molecule has 0 aliphatic heterocycles. The Bertz CT molecular complexity index is 707. The maximum absolute atomic E-state index is 10.4. The molecule has 0 aliphatic rings.